The molecule has 1 unspecified atom stereocenters. The van der Waals surface area contributed by atoms with Crippen molar-refractivity contribution < 1.29 is 9.47 Å². The molecule has 0 aliphatic rings. The Balaban J connectivity index is 1.86. The average molecular weight is 467 g/mol. The summed E-state index contributed by atoms with van der Waals surface area (Å²) in [5.74, 6) is 0.965. The average Bonchev–Trinajstić information content (AvgIpc) is 3.34. The molecular formula is C31H34N2O2. The van der Waals surface area contributed by atoms with Crippen LogP contribution >= 0.6 is 0 Å². The van der Waals surface area contributed by atoms with Gasteiger partial charge in [0.2, 0.25) is 0 Å². The van der Waals surface area contributed by atoms with Crippen molar-refractivity contribution in [2.75, 3.05) is 20.8 Å². The van der Waals surface area contributed by atoms with Gasteiger partial charge in [-0.25, -0.2) is 0 Å². The van der Waals surface area contributed by atoms with Gasteiger partial charge in [0.05, 0.1) is 13.7 Å². The summed E-state index contributed by atoms with van der Waals surface area (Å²) >= 11 is 0. The second-order valence-corrected chi connectivity index (χ2v) is 9.13. The van der Waals surface area contributed by atoms with E-state index < -0.39 is 0 Å². The van der Waals surface area contributed by atoms with Crippen LogP contribution in [0.3, 0.4) is 0 Å². The van der Waals surface area contributed by atoms with Gasteiger partial charge in [-0.2, -0.15) is 0 Å². The van der Waals surface area contributed by atoms with Crippen molar-refractivity contribution in [3.05, 3.63) is 101 Å². The molecule has 2 heterocycles. The molecule has 2 aromatic heterocycles. The van der Waals surface area contributed by atoms with Crippen LogP contribution in [0, 0.1) is 13.8 Å². The molecule has 5 aromatic rings. The minimum Gasteiger partial charge on any atom is -0.497 e. The van der Waals surface area contributed by atoms with Crippen LogP contribution in [-0.4, -0.2) is 30.0 Å². The molecule has 0 amide bonds. The van der Waals surface area contributed by atoms with E-state index in [0.29, 0.717) is 6.61 Å². The third-order valence-corrected chi connectivity index (χ3v) is 7.42. The van der Waals surface area contributed by atoms with Crippen molar-refractivity contribution in [1.29, 1.82) is 0 Å². The van der Waals surface area contributed by atoms with Crippen LogP contribution in [0.1, 0.15) is 40.9 Å². The molecule has 180 valence electrons. The molecule has 4 nitrogen and oxygen atoms in total. The number of benzene rings is 3. The first kappa shape index (κ1) is 23.3. The third kappa shape index (κ3) is 3.82. The first-order valence-electron chi connectivity index (χ1n) is 12.4. The molecule has 4 heteroatoms. The summed E-state index contributed by atoms with van der Waals surface area (Å²) in [6, 6.07) is 26.2. The quantitative estimate of drug-likeness (QED) is 0.245. The summed E-state index contributed by atoms with van der Waals surface area (Å²) in [6.45, 7) is 9.21. The van der Waals surface area contributed by atoms with E-state index in [2.05, 4.69) is 103 Å². The summed E-state index contributed by atoms with van der Waals surface area (Å²) < 4.78 is 15.8. The van der Waals surface area contributed by atoms with Gasteiger partial charge in [0.15, 0.2) is 0 Å². The topological polar surface area (TPSA) is 28.3 Å². The molecule has 0 bridgehead atoms. The molecule has 5 rings (SSSR count). The smallest absolute Gasteiger partial charge is 0.118 e. The SMILES string of the molecule is CCn1c(C)c(C(c2ccc(OC)cc2)c2c(C)n(CCOC)c3ccccc23)c2ccccc21. The lowest BCUT2D eigenvalue weighted by Gasteiger charge is -2.21. The minimum absolute atomic E-state index is 0.0901. The molecule has 35 heavy (non-hydrogen) atoms. The van der Waals surface area contributed by atoms with Crippen LogP contribution in [0.4, 0.5) is 0 Å². The zero-order chi connectivity index (χ0) is 24.5. The van der Waals surface area contributed by atoms with Crippen molar-refractivity contribution in [1.82, 2.24) is 9.13 Å². The van der Waals surface area contributed by atoms with Crippen LogP contribution in [0.5, 0.6) is 5.75 Å². The number of hydrogen-bond donors (Lipinski definition) is 0. The zero-order valence-electron chi connectivity index (χ0n) is 21.3. The van der Waals surface area contributed by atoms with E-state index in [1.165, 1.54) is 49.9 Å². The molecular weight excluding hydrogens is 432 g/mol. The van der Waals surface area contributed by atoms with Crippen molar-refractivity contribution in [3.63, 3.8) is 0 Å². The monoisotopic (exact) mass is 466 g/mol. The van der Waals surface area contributed by atoms with Crippen LogP contribution in [0.25, 0.3) is 21.8 Å². The molecule has 0 N–H and O–H groups in total. The fourth-order valence-corrected chi connectivity index (χ4v) is 5.80. The molecule has 0 aliphatic heterocycles. The minimum atomic E-state index is 0.0901. The number of aromatic nitrogens is 2. The van der Waals surface area contributed by atoms with Gasteiger partial charge in [-0.1, -0.05) is 48.5 Å². The zero-order valence-corrected chi connectivity index (χ0v) is 21.3. The van der Waals surface area contributed by atoms with Crippen molar-refractivity contribution in [2.24, 2.45) is 0 Å². The van der Waals surface area contributed by atoms with E-state index in [4.69, 9.17) is 9.47 Å². The van der Waals surface area contributed by atoms with Crippen LogP contribution in [0.15, 0.2) is 72.8 Å². The normalized spacial score (nSPS) is 12.5. The number of methoxy groups -OCH3 is 2. The lowest BCUT2D eigenvalue weighted by Crippen LogP contribution is -2.10. The highest BCUT2D eigenvalue weighted by molar-refractivity contribution is 5.91. The van der Waals surface area contributed by atoms with Crippen molar-refractivity contribution in [2.45, 2.75) is 39.8 Å². The van der Waals surface area contributed by atoms with E-state index >= 15 is 0 Å². The van der Waals surface area contributed by atoms with E-state index in [9.17, 15) is 0 Å². The predicted octanol–water partition coefficient (Wildman–Crippen LogP) is 7.07. The van der Waals surface area contributed by atoms with Gasteiger partial charge in [-0.3, -0.25) is 0 Å². The lowest BCUT2D eigenvalue weighted by atomic mass is 9.82. The molecule has 0 fully saturated rings. The van der Waals surface area contributed by atoms with Gasteiger partial charge in [-0.15, -0.1) is 0 Å². The Labute approximate surface area is 207 Å². The van der Waals surface area contributed by atoms with E-state index in [-0.39, 0.29) is 5.92 Å². The predicted molar refractivity (Wildman–Crippen MR) is 145 cm³/mol. The number of ether oxygens (including phenoxy) is 2. The van der Waals surface area contributed by atoms with Crippen LogP contribution in [-0.2, 0) is 17.8 Å². The Morgan fingerprint density at radius 1 is 0.714 bits per heavy atom. The Morgan fingerprint density at radius 3 is 1.80 bits per heavy atom. The first-order valence-corrected chi connectivity index (χ1v) is 12.4. The van der Waals surface area contributed by atoms with Crippen LogP contribution in [0.2, 0.25) is 0 Å². The second kappa shape index (κ2) is 9.63. The first-order chi connectivity index (χ1) is 17.1. The summed E-state index contributed by atoms with van der Waals surface area (Å²) in [6.07, 6.45) is 0. The van der Waals surface area contributed by atoms with E-state index in [1.807, 2.05) is 0 Å². The van der Waals surface area contributed by atoms with Gasteiger partial charge >= 0.3 is 0 Å². The third-order valence-electron chi connectivity index (χ3n) is 7.42. The van der Waals surface area contributed by atoms with Gasteiger partial charge in [-0.05, 0) is 61.7 Å². The molecule has 0 radical (unpaired) electrons. The van der Waals surface area contributed by atoms with Crippen LogP contribution < -0.4 is 4.74 Å². The summed E-state index contributed by atoms with van der Waals surface area (Å²) in [5.41, 5.74) is 9.17. The number of para-hydroxylation sites is 2. The Kier molecular flexibility index (Phi) is 6.40. The maximum atomic E-state index is 5.50. The molecule has 1 atom stereocenters. The molecule has 0 aliphatic carbocycles. The van der Waals surface area contributed by atoms with Crippen molar-refractivity contribution >= 4 is 21.8 Å². The largest absolute Gasteiger partial charge is 0.497 e. The molecule has 0 saturated carbocycles. The summed E-state index contributed by atoms with van der Waals surface area (Å²) in [4.78, 5) is 0. The fraction of sp³-hybridized carbons (Fsp3) is 0.290. The Morgan fingerprint density at radius 2 is 1.26 bits per heavy atom. The van der Waals surface area contributed by atoms with E-state index in [1.54, 1.807) is 14.2 Å². The van der Waals surface area contributed by atoms with Crippen molar-refractivity contribution in [3.8, 4) is 5.75 Å². The Bertz CT molecular complexity index is 1470. The molecule has 0 saturated heterocycles. The number of nitrogens with zero attached hydrogens (tertiary/aromatic N) is 2. The highest BCUT2D eigenvalue weighted by atomic mass is 16.5. The highest BCUT2D eigenvalue weighted by Gasteiger charge is 2.29. The van der Waals surface area contributed by atoms with Gasteiger partial charge < -0.3 is 18.6 Å². The van der Waals surface area contributed by atoms with Gasteiger partial charge in [0.1, 0.15) is 5.75 Å². The second-order valence-electron chi connectivity index (χ2n) is 9.13. The van der Waals surface area contributed by atoms with E-state index in [0.717, 1.165) is 18.8 Å². The maximum absolute atomic E-state index is 5.50. The van der Waals surface area contributed by atoms with Gasteiger partial charge in [0.25, 0.3) is 0 Å². The molecule has 0 spiro atoms. The maximum Gasteiger partial charge on any atom is 0.118 e. The summed E-state index contributed by atoms with van der Waals surface area (Å²) in [7, 11) is 3.49. The fourth-order valence-electron chi connectivity index (χ4n) is 5.80. The summed E-state index contributed by atoms with van der Waals surface area (Å²) in [5, 5.41) is 2.62. The number of rotatable bonds is 8. The highest BCUT2D eigenvalue weighted by Crippen LogP contribution is 2.44. The van der Waals surface area contributed by atoms with Gasteiger partial charge in [0, 0.05) is 59.3 Å². The standard InChI is InChI=1S/C31H34N2O2/c1-6-32-21(2)29(25-11-7-9-13-27(25)32)31(23-15-17-24(35-5)18-16-23)30-22(3)33(19-20-34-4)28-14-10-8-12-26(28)30/h7-18,31H,6,19-20H2,1-5H3. The number of hydrogen-bond acceptors (Lipinski definition) is 2. The lowest BCUT2D eigenvalue weighted by molar-refractivity contribution is 0.188. The number of fused-ring (bicyclic) bond motifs is 2. The number of aryl methyl sites for hydroxylation is 1. The Hall–Kier alpha value is -3.50. The molecule has 3 aromatic carbocycles.